The lowest BCUT2D eigenvalue weighted by Crippen LogP contribution is -2.36. The second-order valence-corrected chi connectivity index (χ2v) is 5.86. The molecule has 1 aliphatic carbocycles. The third-order valence-electron chi connectivity index (χ3n) is 3.67. The highest BCUT2D eigenvalue weighted by Crippen LogP contribution is 2.28. The number of amides is 1. The summed E-state index contributed by atoms with van der Waals surface area (Å²) in [6, 6.07) is 11.8. The number of hydrogen-bond acceptors (Lipinski definition) is 3. The van der Waals surface area contributed by atoms with Crippen LogP contribution in [0, 0.1) is 0 Å². The molecule has 1 saturated carbocycles. The molecule has 2 N–H and O–H groups in total. The summed E-state index contributed by atoms with van der Waals surface area (Å²) in [4.78, 5) is 19.4. The van der Waals surface area contributed by atoms with E-state index in [9.17, 15) is 4.79 Å². The van der Waals surface area contributed by atoms with Crippen LogP contribution in [0.5, 0.6) is 0 Å². The van der Waals surface area contributed by atoms with Crippen LogP contribution < -0.4 is 5.73 Å². The highest BCUT2D eigenvalue weighted by molar-refractivity contribution is 7.80. The Morgan fingerprint density at radius 1 is 1.29 bits per heavy atom. The Kier molecular flexibility index (Phi) is 3.84. The van der Waals surface area contributed by atoms with Crippen LogP contribution in [0.3, 0.4) is 0 Å². The molecule has 108 valence electrons. The van der Waals surface area contributed by atoms with Crippen molar-refractivity contribution >= 4 is 34.0 Å². The summed E-state index contributed by atoms with van der Waals surface area (Å²) >= 11 is 4.91. The Bertz CT molecular complexity index is 697. The van der Waals surface area contributed by atoms with Crippen LogP contribution in [0.25, 0.3) is 10.9 Å². The van der Waals surface area contributed by atoms with Crippen LogP contribution in [-0.2, 0) is 0 Å². The Morgan fingerprint density at radius 2 is 2.05 bits per heavy atom. The zero-order valence-electron chi connectivity index (χ0n) is 11.7. The van der Waals surface area contributed by atoms with E-state index in [1.807, 2.05) is 35.2 Å². The average molecular weight is 299 g/mol. The van der Waals surface area contributed by atoms with Crippen LogP contribution in [0.2, 0.25) is 0 Å². The number of thiocarbonyl (C=S) groups is 1. The van der Waals surface area contributed by atoms with Gasteiger partial charge in [0.1, 0.15) is 5.69 Å². The fraction of sp³-hybridized carbons (Fsp3) is 0.312. The normalized spacial score (nSPS) is 14.1. The summed E-state index contributed by atoms with van der Waals surface area (Å²) in [6.45, 7) is 0.577. The highest BCUT2D eigenvalue weighted by atomic mass is 32.1. The van der Waals surface area contributed by atoms with Gasteiger partial charge in [0, 0.05) is 24.4 Å². The van der Waals surface area contributed by atoms with Crippen molar-refractivity contribution < 1.29 is 4.79 Å². The number of carbonyl (C=O) groups is 1. The van der Waals surface area contributed by atoms with Crippen molar-refractivity contribution in [3.8, 4) is 0 Å². The SMILES string of the molecule is NC(=S)CCN(C(=O)c1ccc2ccccc2n1)C1CC1. The first kappa shape index (κ1) is 13.9. The van der Waals surface area contributed by atoms with E-state index in [0.717, 1.165) is 23.7 Å². The summed E-state index contributed by atoms with van der Waals surface area (Å²) in [5.41, 5.74) is 6.88. The lowest BCUT2D eigenvalue weighted by molar-refractivity contribution is 0.0742. The summed E-state index contributed by atoms with van der Waals surface area (Å²) in [6.07, 6.45) is 2.67. The van der Waals surface area contributed by atoms with E-state index in [4.69, 9.17) is 18.0 Å². The topological polar surface area (TPSA) is 59.2 Å². The molecule has 1 amide bonds. The van der Waals surface area contributed by atoms with Gasteiger partial charge in [-0.2, -0.15) is 0 Å². The zero-order valence-corrected chi connectivity index (χ0v) is 12.5. The molecule has 1 aliphatic rings. The molecule has 21 heavy (non-hydrogen) atoms. The minimum Gasteiger partial charge on any atom is -0.393 e. The van der Waals surface area contributed by atoms with Crippen LogP contribution >= 0.6 is 12.2 Å². The number of fused-ring (bicyclic) bond motifs is 1. The van der Waals surface area contributed by atoms with Crippen molar-refractivity contribution in [3.05, 3.63) is 42.1 Å². The van der Waals surface area contributed by atoms with Gasteiger partial charge < -0.3 is 10.6 Å². The van der Waals surface area contributed by atoms with E-state index in [0.29, 0.717) is 29.7 Å². The quantitative estimate of drug-likeness (QED) is 0.862. The molecule has 0 saturated heterocycles. The molecule has 0 aliphatic heterocycles. The number of carbonyl (C=O) groups excluding carboxylic acids is 1. The minimum atomic E-state index is -0.0282. The number of para-hydroxylation sites is 1. The first-order valence-corrected chi connectivity index (χ1v) is 7.51. The molecule has 1 fully saturated rings. The van der Waals surface area contributed by atoms with Crippen molar-refractivity contribution in [1.82, 2.24) is 9.88 Å². The highest BCUT2D eigenvalue weighted by Gasteiger charge is 2.33. The average Bonchev–Trinajstić information content (AvgIpc) is 3.31. The van der Waals surface area contributed by atoms with E-state index in [2.05, 4.69) is 4.98 Å². The number of pyridine rings is 1. The third-order valence-corrected chi connectivity index (χ3v) is 3.87. The maximum Gasteiger partial charge on any atom is 0.272 e. The van der Waals surface area contributed by atoms with E-state index in [1.54, 1.807) is 6.07 Å². The minimum absolute atomic E-state index is 0.0282. The number of aromatic nitrogens is 1. The monoisotopic (exact) mass is 299 g/mol. The first-order chi connectivity index (χ1) is 10.1. The lowest BCUT2D eigenvalue weighted by atomic mass is 10.2. The summed E-state index contributed by atoms with van der Waals surface area (Å²) in [5.74, 6) is -0.0282. The Hall–Kier alpha value is -2.01. The molecule has 1 aromatic heterocycles. The van der Waals surface area contributed by atoms with Crippen LogP contribution in [0.15, 0.2) is 36.4 Å². The summed E-state index contributed by atoms with van der Waals surface area (Å²) < 4.78 is 0. The number of hydrogen-bond donors (Lipinski definition) is 1. The molecule has 0 bridgehead atoms. The van der Waals surface area contributed by atoms with E-state index in [-0.39, 0.29) is 5.91 Å². The Morgan fingerprint density at radius 3 is 2.76 bits per heavy atom. The molecule has 1 aromatic carbocycles. The van der Waals surface area contributed by atoms with Gasteiger partial charge in [0.25, 0.3) is 5.91 Å². The number of rotatable bonds is 5. The molecular formula is C16H17N3OS. The maximum atomic E-state index is 12.7. The largest absolute Gasteiger partial charge is 0.393 e. The molecule has 2 aromatic rings. The number of nitrogens with zero attached hydrogens (tertiary/aromatic N) is 2. The van der Waals surface area contributed by atoms with Gasteiger partial charge in [-0.3, -0.25) is 4.79 Å². The van der Waals surface area contributed by atoms with Gasteiger partial charge >= 0.3 is 0 Å². The standard InChI is InChI=1S/C16H17N3OS/c17-15(21)9-10-19(12-6-7-12)16(20)14-8-5-11-3-1-2-4-13(11)18-14/h1-5,8,12H,6-7,9-10H2,(H2,17,21). The third kappa shape index (κ3) is 3.19. The summed E-state index contributed by atoms with van der Waals surface area (Å²) in [7, 11) is 0. The van der Waals surface area contributed by atoms with Gasteiger partial charge in [0.15, 0.2) is 0 Å². The molecule has 3 rings (SSSR count). The Labute approximate surface area is 129 Å². The lowest BCUT2D eigenvalue weighted by Gasteiger charge is -2.21. The molecule has 0 radical (unpaired) electrons. The fourth-order valence-corrected chi connectivity index (χ4v) is 2.49. The van der Waals surface area contributed by atoms with E-state index in [1.165, 1.54) is 0 Å². The molecule has 0 spiro atoms. The van der Waals surface area contributed by atoms with E-state index >= 15 is 0 Å². The van der Waals surface area contributed by atoms with Gasteiger partial charge in [-0.1, -0.05) is 36.5 Å². The predicted molar refractivity (Wildman–Crippen MR) is 87.2 cm³/mol. The fourth-order valence-electron chi connectivity index (χ4n) is 2.40. The van der Waals surface area contributed by atoms with Gasteiger partial charge in [-0.05, 0) is 25.0 Å². The van der Waals surface area contributed by atoms with Crippen LogP contribution in [-0.4, -0.2) is 33.4 Å². The number of nitrogens with two attached hydrogens (primary N) is 1. The Balaban J connectivity index is 1.84. The van der Waals surface area contributed by atoms with Crippen molar-refractivity contribution in [1.29, 1.82) is 0 Å². The van der Waals surface area contributed by atoms with Crippen molar-refractivity contribution in [2.75, 3.05) is 6.54 Å². The summed E-state index contributed by atoms with van der Waals surface area (Å²) in [5, 5.41) is 1.04. The molecule has 0 atom stereocenters. The van der Waals surface area contributed by atoms with Crippen molar-refractivity contribution in [3.63, 3.8) is 0 Å². The van der Waals surface area contributed by atoms with Gasteiger partial charge in [0.05, 0.1) is 10.5 Å². The van der Waals surface area contributed by atoms with E-state index < -0.39 is 0 Å². The van der Waals surface area contributed by atoms with Crippen molar-refractivity contribution in [2.45, 2.75) is 25.3 Å². The first-order valence-electron chi connectivity index (χ1n) is 7.10. The second-order valence-electron chi connectivity index (χ2n) is 5.34. The molecule has 5 heteroatoms. The maximum absolute atomic E-state index is 12.7. The second kappa shape index (κ2) is 5.77. The predicted octanol–water partition coefficient (Wildman–Crippen LogP) is 2.52. The van der Waals surface area contributed by atoms with Crippen molar-refractivity contribution in [2.24, 2.45) is 5.73 Å². The molecular weight excluding hydrogens is 282 g/mol. The molecule has 0 unspecified atom stereocenters. The smallest absolute Gasteiger partial charge is 0.272 e. The zero-order chi connectivity index (χ0) is 14.8. The van der Waals surface area contributed by atoms with Crippen LogP contribution in [0.4, 0.5) is 0 Å². The molecule has 1 heterocycles. The number of benzene rings is 1. The van der Waals surface area contributed by atoms with Gasteiger partial charge in [0.2, 0.25) is 0 Å². The van der Waals surface area contributed by atoms with Crippen LogP contribution in [0.1, 0.15) is 29.8 Å². The van der Waals surface area contributed by atoms with Gasteiger partial charge in [-0.25, -0.2) is 4.98 Å². The molecule has 4 nitrogen and oxygen atoms in total. The van der Waals surface area contributed by atoms with Gasteiger partial charge in [-0.15, -0.1) is 0 Å².